The maximum Gasteiger partial charge on any atom is 0.226 e. The van der Waals surface area contributed by atoms with Crippen molar-refractivity contribution in [3.63, 3.8) is 0 Å². The van der Waals surface area contributed by atoms with Crippen LogP contribution in [0.2, 0.25) is 0 Å². The Morgan fingerprint density at radius 3 is 2.59 bits per heavy atom. The molecule has 0 N–H and O–H groups in total. The van der Waals surface area contributed by atoms with Gasteiger partial charge in [-0.15, -0.1) is 0 Å². The van der Waals surface area contributed by atoms with E-state index in [0.717, 1.165) is 68.0 Å². The first-order valence-corrected chi connectivity index (χ1v) is 10.4. The molecular weight excluding hydrogens is 340 g/mol. The summed E-state index contributed by atoms with van der Waals surface area (Å²) in [6, 6.07) is 6.19. The van der Waals surface area contributed by atoms with E-state index in [1.165, 1.54) is 0 Å². The van der Waals surface area contributed by atoms with E-state index >= 15 is 0 Å². The number of carbonyl (C=O) groups excluding carboxylic acids is 2. The molecule has 0 aromatic heterocycles. The first-order chi connectivity index (χ1) is 13.1. The number of benzene rings is 1. The summed E-state index contributed by atoms with van der Waals surface area (Å²) in [5.41, 5.74) is 2.22. The van der Waals surface area contributed by atoms with Gasteiger partial charge in [0.2, 0.25) is 11.8 Å². The van der Waals surface area contributed by atoms with Crippen molar-refractivity contribution in [2.45, 2.75) is 52.0 Å². The normalized spacial score (nSPS) is 20.6. The Labute approximate surface area is 161 Å². The van der Waals surface area contributed by atoms with Crippen molar-refractivity contribution in [3.8, 4) is 5.75 Å². The largest absolute Gasteiger partial charge is 0.491 e. The summed E-state index contributed by atoms with van der Waals surface area (Å²) < 4.78 is 5.85. The topological polar surface area (TPSA) is 49.9 Å². The molecule has 5 nitrogen and oxygen atoms in total. The van der Waals surface area contributed by atoms with Crippen LogP contribution in [0.25, 0.3) is 0 Å². The standard InChI is InChI=1S/C22H30N2O3/c1-16-8-10-23(11-9-16)21(25)7-3-17-2-6-20-19(14-17)15-24(12-13-27-20)22(26)18-4-5-18/h2,6,14,16,18H,3-5,7-13,15H2,1H3. The van der Waals surface area contributed by atoms with Gasteiger partial charge in [0.05, 0.1) is 6.54 Å². The molecule has 2 fully saturated rings. The first-order valence-electron chi connectivity index (χ1n) is 10.4. The summed E-state index contributed by atoms with van der Waals surface area (Å²) in [5.74, 6) is 2.38. The van der Waals surface area contributed by atoms with Gasteiger partial charge in [-0.3, -0.25) is 9.59 Å². The molecule has 5 heteroatoms. The molecule has 0 bridgehead atoms. The number of likely N-dealkylation sites (tertiary alicyclic amines) is 1. The zero-order chi connectivity index (χ0) is 18.8. The number of amides is 2. The maximum absolute atomic E-state index is 12.5. The molecule has 0 unspecified atom stereocenters. The van der Waals surface area contributed by atoms with E-state index in [4.69, 9.17) is 4.74 Å². The van der Waals surface area contributed by atoms with Crippen LogP contribution in [0.4, 0.5) is 0 Å². The zero-order valence-electron chi connectivity index (χ0n) is 16.3. The fourth-order valence-electron chi connectivity index (χ4n) is 4.05. The lowest BCUT2D eigenvalue weighted by Gasteiger charge is -2.30. The smallest absolute Gasteiger partial charge is 0.226 e. The highest BCUT2D eigenvalue weighted by atomic mass is 16.5. The molecule has 1 aromatic rings. The van der Waals surface area contributed by atoms with Crippen LogP contribution in [0.5, 0.6) is 5.75 Å². The number of hydrogen-bond acceptors (Lipinski definition) is 3. The van der Waals surface area contributed by atoms with Crippen molar-refractivity contribution in [2.75, 3.05) is 26.2 Å². The van der Waals surface area contributed by atoms with E-state index in [2.05, 4.69) is 19.1 Å². The van der Waals surface area contributed by atoms with Gasteiger partial charge in [0.15, 0.2) is 0 Å². The number of hydrogen-bond donors (Lipinski definition) is 0. The Bertz CT molecular complexity index is 706. The summed E-state index contributed by atoms with van der Waals surface area (Å²) in [7, 11) is 0. The third kappa shape index (κ3) is 4.45. The van der Waals surface area contributed by atoms with Crippen LogP contribution in [0.3, 0.4) is 0 Å². The SMILES string of the molecule is CC1CCN(C(=O)CCc2ccc3c(c2)CN(C(=O)C2CC2)CCO3)CC1. The Hall–Kier alpha value is -2.04. The highest BCUT2D eigenvalue weighted by Crippen LogP contribution is 2.33. The van der Waals surface area contributed by atoms with Gasteiger partial charge >= 0.3 is 0 Å². The monoisotopic (exact) mass is 370 g/mol. The highest BCUT2D eigenvalue weighted by Gasteiger charge is 2.34. The van der Waals surface area contributed by atoms with E-state index in [1.807, 2.05) is 15.9 Å². The molecule has 2 heterocycles. The summed E-state index contributed by atoms with van der Waals surface area (Å²) in [6.07, 6.45) is 5.59. The van der Waals surface area contributed by atoms with Gasteiger partial charge in [-0.25, -0.2) is 0 Å². The lowest BCUT2D eigenvalue weighted by molar-refractivity contribution is -0.133. The molecule has 146 valence electrons. The lowest BCUT2D eigenvalue weighted by atomic mass is 9.98. The second kappa shape index (κ2) is 7.91. The van der Waals surface area contributed by atoms with Crippen LogP contribution in [-0.2, 0) is 22.6 Å². The molecule has 3 aliphatic rings. The lowest BCUT2D eigenvalue weighted by Crippen LogP contribution is -2.38. The predicted molar refractivity (Wildman–Crippen MR) is 103 cm³/mol. The van der Waals surface area contributed by atoms with Crippen LogP contribution >= 0.6 is 0 Å². The number of ether oxygens (including phenoxy) is 1. The van der Waals surface area contributed by atoms with Gasteiger partial charge in [0, 0.05) is 37.5 Å². The number of aryl methyl sites for hydroxylation is 1. The van der Waals surface area contributed by atoms with Crippen LogP contribution in [-0.4, -0.2) is 47.9 Å². The third-order valence-electron chi connectivity index (χ3n) is 6.11. The third-order valence-corrected chi connectivity index (χ3v) is 6.11. The molecule has 1 saturated carbocycles. The number of rotatable bonds is 4. The Kier molecular flexibility index (Phi) is 5.37. The van der Waals surface area contributed by atoms with Gasteiger partial charge < -0.3 is 14.5 Å². The quantitative estimate of drug-likeness (QED) is 0.819. The van der Waals surface area contributed by atoms with Gasteiger partial charge in [-0.2, -0.15) is 0 Å². The minimum atomic E-state index is 0.236. The molecule has 0 radical (unpaired) electrons. The molecular formula is C22H30N2O3. The molecule has 27 heavy (non-hydrogen) atoms. The average molecular weight is 370 g/mol. The fraction of sp³-hybridized carbons (Fsp3) is 0.636. The number of fused-ring (bicyclic) bond motifs is 1. The number of nitrogens with zero attached hydrogens (tertiary/aromatic N) is 2. The fourth-order valence-corrected chi connectivity index (χ4v) is 4.05. The van der Waals surface area contributed by atoms with E-state index < -0.39 is 0 Å². The Balaban J connectivity index is 1.37. The van der Waals surface area contributed by atoms with Crippen LogP contribution in [0, 0.1) is 11.8 Å². The molecule has 1 saturated heterocycles. The first kappa shape index (κ1) is 18.3. The van der Waals surface area contributed by atoms with E-state index in [0.29, 0.717) is 26.1 Å². The summed E-state index contributed by atoms with van der Waals surface area (Å²) >= 11 is 0. The molecule has 4 rings (SSSR count). The average Bonchev–Trinajstić information content (AvgIpc) is 3.52. The van der Waals surface area contributed by atoms with Crippen molar-refractivity contribution < 1.29 is 14.3 Å². The van der Waals surface area contributed by atoms with Gasteiger partial charge in [0.25, 0.3) is 0 Å². The number of carbonyl (C=O) groups is 2. The second-order valence-corrected chi connectivity index (χ2v) is 8.39. The summed E-state index contributed by atoms with van der Waals surface area (Å²) in [5, 5.41) is 0. The second-order valence-electron chi connectivity index (χ2n) is 8.39. The van der Waals surface area contributed by atoms with E-state index in [-0.39, 0.29) is 17.7 Å². The van der Waals surface area contributed by atoms with Gasteiger partial charge in [0.1, 0.15) is 12.4 Å². The number of piperidine rings is 1. The van der Waals surface area contributed by atoms with Crippen molar-refractivity contribution in [2.24, 2.45) is 11.8 Å². The predicted octanol–water partition coefficient (Wildman–Crippen LogP) is 3.01. The van der Waals surface area contributed by atoms with Gasteiger partial charge in [-0.05, 0) is 49.7 Å². The van der Waals surface area contributed by atoms with Crippen LogP contribution < -0.4 is 4.74 Å². The molecule has 0 atom stereocenters. The molecule has 1 aliphatic carbocycles. The van der Waals surface area contributed by atoms with Crippen LogP contribution in [0.15, 0.2) is 18.2 Å². The van der Waals surface area contributed by atoms with E-state index in [1.54, 1.807) is 0 Å². The van der Waals surface area contributed by atoms with E-state index in [9.17, 15) is 9.59 Å². The maximum atomic E-state index is 12.5. The van der Waals surface area contributed by atoms with Crippen molar-refractivity contribution in [3.05, 3.63) is 29.3 Å². The van der Waals surface area contributed by atoms with Gasteiger partial charge in [-0.1, -0.05) is 19.1 Å². The zero-order valence-corrected chi connectivity index (χ0v) is 16.3. The molecule has 0 spiro atoms. The van der Waals surface area contributed by atoms with Crippen molar-refractivity contribution in [1.82, 2.24) is 9.80 Å². The highest BCUT2D eigenvalue weighted by molar-refractivity contribution is 5.81. The minimum absolute atomic E-state index is 0.236. The molecule has 1 aromatic carbocycles. The summed E-state index contributed by atoms with van der Waals surface area (Å²) in [4.78, 5) is 28.9. The minimum Gasteiger partial charge on any atom is -0.491 e. The van der Waals surface area contributed by atoms with Crippen molar-refractivity contribution in [1.29, 1.82) is 0 Å². The van der Waals surface area contributed by atoms with Crippen LogP contribution in [0.1, 0.15) is 50.2 Å². The van der Waals surface area contributed by atoms with Crippen molar-refractivity contribution >= 4 is 11.8 Å². The summed E-state index contributed by atoms with van der Waals surface area (Å²) in [6.45, 7) is 5.89. The Morgan fingerprint density at radius 2 is 1.85 bits per heavy atom. The molecule has 2 aliphatic heterocycles. The Morgan fingerprint density at radius 1 is 1.07 bits per heavy atom. The molecule has 2 amide bonds.